The second-order valence-corrected chi connectivity index (χ2v) is 6.13. The second kappa shape index (κ2) is 6.79. The van der Waals surface area contributed by atoms with Crippen molar-refractivity contribution in [3.63, 3.8) is 0 Å². The Balaban J connectivity index is 1.80. The van der Waals surface area contributed by atoms with Crippen LogP contribution in [0, 0.1) is 6.92 Å². The molecule has 112 valence electrons. The third kappa shape index (κ3) is 3.22. The van der Waals surface area contributed by atoms with Crippen molar-refractivity contribution >= 4 is 11.8 Å². The Bertz CT molecular complexity index is 733. The Morgan fingerprint density at radius 3 is 2.36 bits per heavy atom. The van der Waals surface area contributed by atoms with Gasteiger partial charge in [-0.2, -0.15) is 0 Å². The van der Waals surface area contributed by atoms with Gasteiger partial charge in [0, 0.05) is 17.9 Å². The number of aromatic nitrogens is 3. The summed E-state index contributed by atoms with van der Waals surface area (Å²) in [7, 11) is 0. The third-order valence-corrected chi connectivity index (χ3v) is 4.59. The third-order valence-electron chi connectivity index (χ3n) is 3.55. The molecule has 0 unspecified atom stereocenters. The van der Waals surface area contributed by atoms with E-state index in [0.717, 1.165) is 28.8 Å². The van der Waals surface area contributed by atoms with E-state index in [1.165, 1.54) is 11.1 Å². The van der Waals surface area contributed by atoms with Gasteiger partial charge >= 0.3 is 0 Å². The molecule has 3 aromatic rings. The summed E-state index contributed by atoms with van der Waals surface area (Å²) < 4.78 is 2.17. The molecular formula is C18H19N3S. The van der Waals surface area contributed by atoms with E-state index in [-0.39, 0.29) is 0 Å². The first-order valence-electron chi connectivity index (χ1n) is 7.45. The lowest BCUT2D eigenvalue weighted by Gasteiger charge is -2.07. The van der Waals surface area contributed by atoms with Crippen LogP contribution >= 0.6 is 11.8 Å². The minimum Gasteiger partial charge on any atom is -0.302 e. The first kappa shape index (κ1) is 14.9. The summed E-state index contributed by atoms with van der Waals surface area (Å²) in [6, 6.07) is 18.9. The van der Waals surface area contributed by atoms with Gasteiger partial charge in [-0.25, -0.2) is 0 Å². The molecule has 1 aromatic heterocycles. The fourth-order valence-electron chi connectivity index (χ4n) is 2.31. The maximum atomic E-state index is 4.38. The van der Waals surface area contributed by atoms with Gasteiger partial charge in [0.15, 0.2) is 11.0 Å². The zero-order valence-corrected chi connectivity index (χ0v) is 13.7. The molecule has 4 heteroatoms. The summed E-state index contributed by atoms with van der Waals surface area (Å²) in [6.45, 7) is 5.11. The predicted molar refractivity (Wildman–Crippen MR) is 91.9 cm³/mol. The Morgan fingerprint density at radius 2 is 1.68 bits per heavy atom. The van der Waals surface area contributed by atoms with Gasteiger partial charge in [0.1, 0.15) is 0 Å². The molecule has 0 spiro atoms. The molecule has 2 aromatic carbocycles. The van der Waals surface area contributed by atoms with E-state index in [1.54, 1.807) is 11.8 Å². The first-order valence-corrected chi connectivity index (χ1v) is 8.43. The maximum absolute atomic E-state index is 4.38. The second-order valence-electron chi connectivity index (χ2n) is 5.19. The standard InChI is InChI=1S/C18H19N3S/c1-3-21-17(16-7-5-4-6-8-16)19-20-18(21)22-13-15-11-9-14(2)10-12-15/h4-12H,3,13H2,1-2H3. The summed E-state index contributed by atoms with van der Waals surface area (Å²) in [5.74, 6) is 1.85. The molecule has 0 radical (unpaired) electrons. The molecule has 0 aliphatic rings. The normalized spacial score (nSPS) is 10.8. The lowest BCUT2D eigenvalue weighted by molar-refractivity contribution is 0.687. The van der Waals surface area contributed by atoms with Crippen LogP contribution in [0.5, 0.6) is 0 Å². The average Bonchev–Trinajstić information content (AvgIpc) is 2.98. The van der Waals surface area contributed by atoms with Crippen molar-refractivity contribution in [1.82, 2.24) is 14.8 Å². The van der Waals surface area contributed by atoms with Crippen LogP contribution < -0.4 is 0 Å². The number of aryl methyl sites for hydroxylation is 1. The van der Waals surface area contributed by atoms with Crippen molar-refractivity contribution < 1.29 is 0 Å². The van der Waals surface area contributed by atoms with Gasteiger partial charge in [-0.3, -0.25) is 0 Å². The van der Waals surface area contributed by atoms with Crippen LogP contribution in [0.25, 0.3) is 11.4 Å². The van der Waals surface area contributed by atoms with Crippen molar-refractivity contribution in [3.05, 3.63) is 65.7 Å². The van der Waals surface area contributed by atoms with Gasteiger partial charge in [0.05, 0.1) is 0 Å². The van der Waals surface area contributed by atoms with Gasteiger partial charge in [0.25, 0.3) is 0 Å². The van der Waals surface area contributed by atoms with Crippen LogP contribution in [0.2, 0.25) is 0 Å². The number of hydrogen-bond donors (Lipinski definition) is 0. The lowest BCUT2D eigenvalue weighted by Crippen LogP contribution is -1.99. The molecule has 0 amide bonds. The average molecular weight is 309 g/mol. The van der Waals surface area contributed by atoms with Crippen molar-refractivity contribution in [2.75, 3.05) is 0 Å². The van der Waals surface area contributed by atoms with Crippen molar-refractivity contribution in [3.8, 4) is 11.4 Å². The SMILES string of the molecule is CCn1c(SCc2ccc(C)cc2)nnc1-c1ccccc1. The Hall–Kier alpha value is -2.07. The van der Waals surface area contributed by atoms with E-state index in [9.17, 15) is 0 Å². The first-order chi connectivity index (χ1) is 10.8. The molecular weight excluding hydrogens is 290 g/mol. The molecule has 1 heterocycles. The molecule has 0 saturated carbocycles. The van der Waals surface area contributed by atoms with Crippen molar-refractivity contribution in [2.45, 2.75) is 31.3 Å². The fraction of sp³-hybridized carbons (Fsp3) is 0.222. The van der Waals surface area contributed by atoms with Crippen molar-refractivity contribution in [2.24, 2.45) is 0 Å². The van der Waals surface area contributed by atoms with Crippen LogP contribution in [-0.2, 0) is 12.3 Å². The minimum absolute atomic E-state index is 0.869. The molecule has 0 aliphatic carbocycles. The van der Waals surface area contributed by atoms with E-state index in [4.69, 9.17) is 0 Å². The number of hydrogen-bond acceptors (Lipinski definition) is 3. The van der Waals surface area contributed by atoms with Crippen LogP contribution in [0.3, 0.4) is 0 Å². The van der Waals surface area contributed by atoms with E-state index < -0.39 is 0 Å². The highest BCUT2D eigenvalue weighted by Crippen LogP contribution is 2.26. The summed E-state index contributed by atoms with van der Waals surface area (Å²) in [6.07, 6.45) is 0. The highest BCUT2D eigenvalue weighted by atomic mass is 32.2. The maximum Gasteiger partial charge on any atom is 0.191 e. The summed E-state index contributed by atoms with van der Waals surface area (Å²) >= 11 is 1.74. The van der Waals surface area contributed by atoms with Gasteiger partial charge in [0.2, 0.25) is 0 Å². The predicted octanol–water partition coefficient (Wildman–Crippen LogP) is 4.57. The molecule has 0 fully saturated rings. The summed E-state index contributed by atoms with van der Waals surface area (Å²) in [5.41, 5.74) is 3.71. The molecule has 0 atom stereocenters. The van der Waals surface area contributed by atoms with Crippen LogP contribution in [0.4, 0.5) is 0 Å². The van der Waals surface area contributed by atoms with Crippen molar-refractivity contribution in [1.29, 1.82) is 0 Å². The van der Waals surface area contributed by atoms with Crippen LogP contribution in [-0.4, -0.2) is 14.8 Å². The van der Waals surface area contributed by atoms with E-state index in [0.29, 0.717) is 0 Å². The van der Waals surface area contributed by atoms with Gasteiger partial charge in [-0.1, -0.05) is 71.9 Å². The molecule has 0 bridgehead atoms. The van der Waals surface area contributed by atoms with E-state index >= 15 is 0 Å². The zero-order valence-electron chi connectivity index (χ0n) is 12.9. The van der Waals surface area contributed by atoms with Crippen LogP contribution in [0.1, 0.15) is 18.1 Å². The molecule has 0 saturated heterocycles. The van der Waals surface area contributed by atoms with E-state index in [2.05, 4.69) is 65.0 Å². The molecule has 0 N–H and O–H groups in total. The lowest BCUT2D eigenvalue weighted by atomic mass is 10.2. The monoisotopic (exact) mass is 309 g/mol. The Morgan fingerprint density at radius 1 is 0.955 bits per heavy atom. The number of thioether (sulfide) groups is 1. The highest BCUT2D eigenvalue weighted by Gasteiger charge is 2.12. The topological polar surface area (TPSA) is 30.7 Å². The number of benzene rings is 2. The molecule has 3 nitrogen and oxygen atoms in total. The van der Waals surface area contributed by atoms with Crippen LogP contribution in [0.15, 0.2) is 59.8 Å². The quantitative estimate of drug-likeness (QED) is 0.647. The molecule has 0 aliphatic heterocycles. The minimum atomic E-state index is 0.869. The van der Waals surface area contributed by atoms with E-state index in [1.807, 2.05) is 18.2 Å². The Labute approximate surface area is 135 Å². The number of nitrogens with zero attached hydrogens (tertiary/aromatic N) is 3. The van der Waals surface area contributed by atoms with Gasteiger partial charge in [-0.05, 0) is 19.4 Å². The zero-order chi connectivity index (χ0) is 15.4. The van der Waals surface area contributed by atoms with Gasteiger partial charge in [-0.15, -0.1) is 10.2 Å². The molecule has 3 rings (SSSR count). The smallest absolute Gasteiger partial charge is 0.191 e. The fourth-order valence-corrected chi connectivity index (χ4v) is 3.27. The summed E-state index contributed by atoms with van der Waals surface area (Å²) in [5, 5.41) is 9.72. The molecule has 22 heavy (non-hydrogen) atoms. The largest absolute Gasteiger partial charge is 0.302 e. The highest BCUT2D eigenvalue weighted by molar-refractivity contribution is 7.98. The Kier molecular flexibility index (Phi) is 4.59. The number of rotatable bonds is 5. The summed E-state index contributed by atoms with van der Waals surface area (Å²) in [4.78, 5) is 0. The van der Waals surface area contributed by atoms with Gasteiger partial charge < -0.3 is 4.57 Å².